The van der Waals surface area contributed by atoms with Gasteiger partial charge in [0, 0.05) is 13.2 Å². The molecule has 0 heterocycles. The van der Waals surface area contributed by atoms with E-state index >= 15 is 0 Å². The first-order chi connectivity index (χ1) is 5.88. The van der Waals surface area contributed by atoms with E-state index in [4.69, 9.17) is 27.9 Å². The summed E-state index contributed by atoms with van der Waals surface area (Å²) < 4.78 is 4.83. The molecule has 0 aliphatic heterocycles. The average molecular weight is 231 g/mol. The van der Waals surface area contributed by atoms with E-state index in [1.165, 1.54) is 13.8 Å². The van der Waals surface area contributed by atoms with E-state index in [1.807, 2.05) is 13.8 Å². The Labute approximate surface area is 91.6 Å². The van der Waals surface area contributed by atoms with Crippen molar-refractivity contribution in [1.29, 1.82) is 0 Å². The molecule has 0 saturated carbocycles. The highest BCUT2D eigenvalue weighted by Crippen LogP contribution is 1.95. The smallest absolute Gasteiger partial charge is 0.126 e. The van der Waals surface area contributed by atoms with Gasteiger partial charge in [-0.05, 0) is 34.6 Å². The zero-order valence-corrected chi connectivity index (χ0v) is 10.6. The van der Waals surface area contributed by atoms with Crippen LogP contribution < -0.4 is 0 Å². The van der Waals surface area contributed by atoms with Crippen LogP contribution in [0.5, 0.6) is 0 Å². The van der Waals surface area contributed by atoms with Crippen molar-refractivity contribution in [3.63, 3.8) is 0 Å². The van der Waals surface area contributed by atoms with Crippen LogP contribution in [0.1, 0.15) is 34.6 Å². The number of carbonyl (C=O) groups is 1. The van der Waals surface area contributed by atoms with Crippen LogP contribution in [0.3, 0.4) is 0 Å². The van der Waals surface area contributed by atoms with E-state index in [0.29, 0.717) is 0 Å². The third kappa shape index (κ3) is 261. The zero-order chi connectivity index (χ0) is 11.3. The normalized spacial score (nSPS) is 8.00. The van der Waals surface area contributed by atoms with Gasteiger partial charge in [0.15, 0.2) is 0 Å². The molecule has 82 valence electrons. The van der Waals surface area contributed by atoms with Crippen LogP contribution in [0.2, 0.25) is 0 Å². The summed E-state index contributed by atoms with van der Waals surface area (Å²) in [5.74, 6) is 0.167. The van der Waals surface area contributed by atoms with Gasteiger partial charge in [0.1, 0.15) is 10.6 Å². The number of carbonyl (C=O) groups excluding carboxylic acids is 1. The minimum Gasteiger partial charge on any atom is -0.382 e. The summed E-state index contributed by atoms with van der Waals surface area (Å²) in [4.78, 5) is 9.22. The molecule has 0 N–H and O–H groups in total. The summed E-state index contributed by atoms with van der Waals surface area (Å²) in [6, 6.07) is 0. The van der Waals surface area contributed by atoms with Crippen LogP contribution in [-0.4, -0.2) is 23.8 Å². The van der Waals surface area contributed by atoms with Crippen LogP contribution in [0.25, 0.3) is 0 Å². The van der Waals surface area contributed by atoms with E-state index in [0.717, 1.165) is 13.2 Å². The van der Waals surface area contributed by atoms with Crippen LogP contribution in [0.4, 0.5) is 0 Å². The minimum absolute atomic E-state index is 0.167. The number of hydrogen-bond acceptors (Lipinski definition) is 2. The van der Waals surface area contributed by atoms with Gasteiger partial charge < -0.3 is 9.53 Å². The number of ether oxygens (including phenoxy) is 1. The standard InChI is InChI=1S/C4H10O.C3H6O.C2H4Cl2/c1-3-5-4-2;1-3(2)4;1-2(3)4/h3-4H2,1-2H3;1-2H3;2H,1H3. The van der Waals surface area contributed by atoms with Gasteiger partial charge in [0.25, 0.3) is 0 Å². The summed E-state index contributed by atoms with van der Waals surface area (Å²) in [5.41, 5.74) is 0. The largest absolute Gasteiger partial charge is 0.382 e. The third-order valence-electron chi connectivity index (χ3n) is 0.408. The first kappa shape index (κ1) is 18.9. The van der Waals surface area contributed by atoms with Crippen LogP contribution in [0, 0.1) is 0 Å². The lowest BCUT2D eigenvalue weighted by Gasteiger charge is -1.86. The van der Waals surface area contributed by atoms with Crippen molar-refractivity contribution in [3.05, 3.63) is 0 Å². The lowest BCUT2D eigenvalue weighted by Crippen LogP contribution is -1.84. The Bertz CT molecular complexity index is 86.9. The molecule has 0 amide bonds. The van der Waals surface area contributed by atoms with Gasteiger partial charge in [0.2, 0.25) is 0 Å². The Kier molecular flexibility index (Phi) is 26.3. The van der Waals surface area contributed by atoms with Crippen LogP contribution in [-0.2, 0) is 9.53 Å². The molecule has 0 radical (unpaired) electrons. The highest BCUT2D eigenvalue weighted by atomic mass is 35.5. The monoisotopic (exact) mass is 230 g/mol. The second kappa shape index (κ2) is 18.1. The summed E-state index contributed by atoms with van der Waals surface area (Å²) in [6.07, 6.45) is 0. The maximum atomic E-state index is 9.44. The Hall–Kier alpha value is 0.210. The van der Waals surface area contributed by atoms with E-state index < -0.39 is 0 Å². The fourth-order valence-corrected chi connectivity index (χ4v) is 0.204. The maximum absolute atomic E-state index is 9.44. The van der Waals surface area contributed by atoms with Crippen LogP contribution >= 0.6 is 23.2 Å². The third-order valence-corrected chi connectivity index (χ3v) is 0.408. The molecule has 0 bridgehead atoms. The fourth-order valence-electron chi connectivity index (χ4n) is 0.204. The fraction of sp³-hybridized carbons (Fsp3) is 0.889. The molecule has 0 aliphatic carbocycles. The molecule has 0 rings (SSSR count). The maximum Gasteiger partial charge on any atom is 0.126 e. The predicted molar refractivity (Wildman–Crippen MR) is 59.7 cm³/mol. The quantitative estimate of drug-likeness (QED) is 0.680. The van der Waals surface area contributed by atoms with Gasteiger partial charge in [-0.1, -0.05) is 0 Å². The predicted octanol–water partition coefficient (Wildman–Crippen LogP) is 3.45. The van der Waals surface area contributed by atoms with Crippen molar-refractivity contribution in [2.45, 2.75) is 39.5 Å². The molecule has 0 aromatic rings. The molecule has 13 heavy (non-hydrogen) atoms. The summed E-state index contributed by atoms with van der Waals surface area (Å²) in [5, 5.41) is 0. The lowest BCUT2D eigenvalue weighted by atomic mass is 10.6. The van der Waals surface area contributed by atoms with Crippen molar-refractivity contribution in [2.75, 3.05) is 13.2 Å². The molecular weight excluding hydrogens is 211 g/mol. The Morgan fingerprint density at radius 2 is 1.38 bits per heavy atom. The number of ketones is 1. The summed E-state index contributed by atoms with van der Waals surface area (Å²) >= 11 is 10.1. The van der Waals surface area contributed by atoms with Gasteiger partial charge in [-0.3, -0.25) is 0 Å². The number of hydrogen-bond donors (Lipinski definition) is 0. The van der Waals surface area contributed by atoms with Gasteiger partial charge in [0.05, 0.1) is 0 Å². The highest BCUT2D eigenvalue weighted by Gasteiger charge is 1.75. The number of rotatable bonds is 2. The van der Waals surface area contributed by atoms with Crippen LogP contribution in [0.15, 0.2) is 0 Å². The summed E-state index contributed by atoms with van der Waals surface area (Å²) in [6.45, 7) is 10.4. The van der Waals surface area contributed by atoms with Crippen molar-refractivity contribution >= 4 is 29.0 Å². The van der Waals surface area contributed by atoms with E-state index in [9.17, 15) is 4.79 Å². The van der Waals surface area contributed by atoms with Crippen molar-refractivity contribution < 1.29 is 9.53 Å². The second-order valence-corrected chi connectivity index (χ2v) is 3.74. The minimum atomic E-state index is -0.222. The van der Waals surface area contributed by atoms with E-state index in [1.54, 1.807) is 6.92 Å². The number of alkyl halides is 2. The molecule has 0 aliphatic rings. The Morgan fingerprint density at radius 3 is 1.38 bits per heavy atom. The molecule has 0 saturated heterocycles. The average Bonchev–Trinajstić information content (AvgIpc) is 1.86. The van der Waals surface area contributed by atoms with Crippen molar-refractivity contribution in [2.24, 2.45) is 0 Å². The molecular formula is C9H20Cl2O2. The first-order valence-electron chi connectivity index (χ1n) is 4.21. The summed E-state index contributed by atoms with van der Waals surface area (Å²) in [7, 11) is 0. The van der Waals surface area contributed by atoms with Gasteiger partial charge >= 0.3 is 0 Å². The number of halogens is 2. The molecule has 0 aromatic carbocycles. The van der Waals surface area contributed by atoms with Crippen molar-refractivity contribution in [1.82, 2.24) is 0 Å². The van der Waals surface area contributed by atoms with Crippen molar-refractivity contribution in [3.8, 4) is 0 Å². The lowest BCUT2D eigenvalue weighted by molar-refractivity contribution is -0.114. The van der Waals surface area contributed by atoms with Gasteiger partial charge in [-0.15, -0.1) is 23.2 Å². The zero-order valence-electron chi connectivity index (χ0n) is 9.06. The Morgan fingerprint density at radius 1 is 1.23 bits per heavy atom. The molecule has 2 nitrogen and oxygen atoms in total. The van der Waals surface area contributed by atoms with Gasteiger partial charge in [-0.2, -0.15) is 0 Å². The van der Waals surface area contributed by atoms with E-state index in [-0.39, 0.29) is 10.6 Å². The molecule has 0 fully saturated rings. The topological polar surface area (TPSA) is 26.3 Å². The van der Waals surface area contributed by atoms with Gasteiger partial charge in [-0.25, -0.2) is 0 Å². The Balaban J connectivity index is -0.000000117. The highest BCUT2D eigenvalue weighted by molar-refractivity contribution is 6.43. The van der Waals surface area contributed by atoms with E-state index in [2.05, 4.69) is 0 Å². The second-order valence-electron chi connectivity index (χ2n) is 2.21. The number of Topliss-reactive ketones (excluding diaryl/α,β-unsaturated/α-hetero) is 1. The molecule has 0 atom stereocenters. The molecule has 0 unspecified atom stereocenters. The molecule has 0 spiro atoms. The molecule has 0 aromatic heterocycles. The SMILES string of the molecule is CC(C)=O.CC(Cl)Cl.CCOCC. The first-order valence-corrected chi connectivity index (χ1v) is 5.08. The molecule has 4 heteroatoms.